The van der Waals surface area contributed by atoms with Gasteiger partial charge in [-0.2, -0.15) is 0 Å². The SMILES string of the molecule is C[C@]12CC[C@H]3[C@@H](CCC4CC(OCc5ccccc5)CC[C@@H]43)[C@@H]1CCC21OCCO1. The van der Waals surface area contributed by atoms with Crippen molar-refractivity contribution in [2.75, 3.05) is 13.2 Å². The molecule has 1 aromatic rings. The topological polar surface area (TPSA) is 27.7 Å². The predicted octanol–water partition coefficient (Wildman–Crippen LogP) is 5.97. The molecule has 0 bridgehead atoms. The quantitative estimate of drug-likeness (QED) is 0.615. The van der Waals surface area contributed by atoms with E-state index in [0.717, 1.165) is 55.8 Å². The van der Waals surface area contributed by atoms with E-state index >= 15 is 0 Å². The summed E-state index contributed by atoms with van der Waals surface area (Å²) in [6.07, 6.45) is 12.4. The minimum Gasteiger partial charge on any atom is -0.374 e. The summed E-state index contributed by atoms with van der Waals surface area (Å²) in [6, 6.07) is 10.7. The van der Waals surface area contributed by atoms with E-state index in [-0.39, 0.29) is 11.2 Å². The van der Waals surface area contributed by atoms with E-state index in [0.29, 0.717) is 6.10 Å². The van der Waals surface area contributed by atoms with Gasteiger partial charge in [-0.25, -0.2) is 0 Å². The third-order valence-corrected chi connectivity index (χ3v) is 10.0. The first-order valence-electron chi connectivity index (χ1n) is 12.6. The van der Waals surface area contributed by atoms with Crippen LogP contribution in [0.4, 0.5) is 0 Å². The summed E-state index contributed by atoms with van der Waals surface area (Å²) in [5.41, 5.74) is 1.55. The second-order valence-electron chi connectivity index (χ2n) is 11.1. The Labute approximate surface area is 181 Å². The predicted molar refractivity (Wildman–Crippen MR) is 117 cm³/mol. The summed E-state index contributed by atoms with van der Waals surface area (Å²) >= 11 is 0. The van der Waals surface area contributed by atoms with Crippen LogP contribution in [0, 0.1) is 35.0 Å². The molecule has 5 aliphatic rings. The smallest absolute Gasteiger partial charge is 0.174 e. The van der Waals surface area contributed by atoms with Crippen LogP contribution in [-0.2, 0) is 20.8 Å². The van der Waals surface area contributed by atoms with Gasteiger partial charge in [0.2, 0.25) is 0 Å². The van der Waals surface area contributed by atoms with Crippen LogP contribution in [-0.4, -0.2) is 25.1 Å². The molecule has 7 atom stereocenters. The monoisotopic (exact) mass is 410 g/mol. The normalized spacial score (nSPS) is 44.4. The maximum Gasteiger partial charge on any atom is 0.174 e. The number of hydrogen-bond acceptors (Lipinski definition) is 3. The highest BCUT2D eigenvalue weighted by molar-refractivity contribution is 5.14. The molecule has 0 radical (unpaired) electrons. The van der Waals surface area contributed by atoms with Gasteiger partial charge in [0.15, 0.2) is 5.79 Å². The van der Waals surface area contributed by atoms with Crippen LogP contribution in [0.2, 0.25) is 0 Å². The van der Waals surface area contributed by atoms with Crippen molar-refractivity contribution in [2.24, 2.45) is 35.0 Å². The molecule has 1 saturated heterocycles. The summed E-state index contributed by atoms with van der Waals surface area (Å²) in [7, 11) is 0. The van der Waals surface area contributed by atoms with Gasteiger partial charge in [0.25, 0.3) is 0 Å². The molecule has 0 amide bonds. The number of fused-ring (bicyclic) bond motifs is 6. The third-order valence-electron chi connectivity index (χ3n) is 10.0. The molecule has 3 nitrogen and oxygen atoms in total. The van der Waals surface area contributed by atoms with Gasteiger partial charge < -0.3 is 14.2 Å². The summed E-state index contributed by atoms with van der Waals surface area (Å²) in [5.74, 6) is 4.23. The second-order valence-corrected chi connectivity index (χ2v) is 11.1. The van der Waals surface area contributed by atoms with Crippen LogP contribution in [0.25, 0.3) is 0 Å². The van der Waals surface area contributed by atoms with Crippen LogP contribution in [0.5, 0.6) is 0 Å². The number of hydrogen-bond donors (Lipinski definition) is 0. The lowest BCUT2D eigenvalue weighted by molar-refractivity contribution is -0.243. The van der Waals surface area contributed by atoms with Crippen LogP contribution in [0.15, 0.2) is 30.3 Å². The van der Waals surface area contributed by atoms with E-state index in [2.05, 4.69) is 37.3 Å². The van der Waals surface area contributed by atoms with E-state index in [1.807, 2.05) is 0 Å². The van der Waals surface area contributed by atoms with Crippen molar-refractivity contribution in [3.05, 3.63) is 35.9 Å². The standard InChI is InChI=1S/C27H38O3/c1-26-13-11-23-22-10-8-21(28-18-19-5-3-2-4-6-19)17-20(22)7-9-24(23)25(26)12-14-27(26)29-15-16-30-27/h2-6,20-25H,7-18H2,1H3/t20?,21?,22-,23+,24+,25-,26-/m0/s1. The largest absolute Gasteiger partial charge is 0.374 e. The minimum absolute atomic E-state index is 0.244. The Balaban J connectivity index is 1.11. The summed E-state index contributed by atoms with van der Waals surface area (Å²) < 4.78 is 19.0. The first kappa shape index (κ1) is 19.8. The molecule has 1 heterocycles. The van der Waals surface area contributed by atoms with Crippen LogP contribution in [0.1, 0.15) is 70.3 Å². The maximum absolute atomic E-state index is 6.37. The van der Waals surface area contributed by atoms with Gasteiger partial charge in [0, 0.05) is 11.8 Å². The fraction of sp³-hybridized carbons (Fsp3) is 0.778. The summed E-state index contributed by atoms with van der Waals surface area (Å²) in [4.78, 5) is 0. The van der Waals surface area contributed by atoms with Gasteiger partial charge in [-0.1, -0.05) is 37.3 Å². The molecule has 1 spiro atoms. The molecule has 30 heavy (non-hydrogen) atoms. The van der Waals surface area contributed by atoms with Crippen LogP contribution in [0.3, 0.4) is 0 Å². The Morgan fingerprint density at radius 3 is 2.50 bits per heavy atom. The molecular formula is C27H38O3. The van der Waals surface area contributed by atoms with Crippen molar-refractivity contribution in [2.45, 2.75) is 83.2 Å². The maximum atomic E-state index is 6.37. The molecule has 1 aliphatic heterocycles. The van der Waals surface area contributed by atoms with Gasteiger partial charge in [-0.15, -0.1) is 0 Å². The van der Waals surface area contributed by atoms with Gasteiger partial charge in [0.05, 0.1) is 25.9 Å². The molecule has 3 heteroatoms. The van der Waals surface area contributed by atoms with Crippen molar-refractivity contribution in [1.82, 2.24) is 0 Å². The molecule has 1 aromatic carbocycles. The average Bonchev–Trinajstić information content (AvgIpc) is 3.38. The highest BCUT2D eigenvalue weighted by atomic mass is 16.7. The molecule has 4 aliphatic carbocycles. The van der Waals surface area contributed by atoms with E-state index in [4.69, 9.17) is 14.2 Å². The van der Waals surface area contributed by atoms with Crippen molar-refractivity contribution < 1.29 is 14.2 Å². The Hall–Kier alpha value is -0.900. The molecule has 164 valence electrons. The summed E-state index contributed by atoms with van der Waals surface area (Å²) in [5, 5.41) is 0. The Morgan fingerprint density at radius 2 is 1.67 bits per heavy atom. The zero-order valence-corrected chi connectivity index (χ0v) is 18.6. The van der Waals surface area contributed by atoms with E-state index in [1.54, 1.807) is 0 Å². The number of benzene rings is 1. The van der Waals surface area contributed by atoms with Crippen molar-refractivity contribution in [3.8, 4) is 0 Å². The van der Waals surface area contributed by atoms with Gasteiger partial charge >= 0.3 is 0 Å². The Kier molecular flexibility index (Phi) is 5.01. The molecule has 5 fully saturated rings. The lowest BCUT2D eigenvalue weighted by atomic mass is 9.50. The van der Waals surface area contributed by atoms with Gasteiger partial charge in [0.1, 0.15) is 0 Å². The number of rotatable bonds is 3. The van der Waals surface area contributed by atoms with E-state index in [1.165, 1.54) is 56.9 Å². The highest BCUT2D eigenvalue weighted by Crippen LogP contribution is 2.67. The summed E-state index contributed by atoms with van der Waals surface area (Å²) in [6.45, 7) is 4.88. The minimum atomic E-state index is -0.248. The van der Waals surface area contributed by atoms with E-state index in [9.17, 15) is 0 Å². The number of ether oxygens (including phenoxy) is 3. The van der Waals surface area contributed by atoms with E-state index < -0.39 is 0 Å². The molecule has 6 rings (SSSR count). The zero-order chi connectivity index (χ0) is 20.2. The average molecular weight is 411 g/mol. The third kappa shape index (κ3) is 3.03. The first-order chi connectivity index (χ1) is 14.7. The van der Waals surface area contributed by atoms with Crippen molar-refractivity contribution in [1.29, 1.82) is 0 Å². The van der Waals surface area contributed by atoms with Gasteiger partial charge in [-0.3, -0.25) is 0 Å². The fourth-order valence-corrected chi connectivity index (χ4v) is 8.64. The van der Waals surface area contributed by atoms with Crippen molar-refractivity contribution >= 4 is 0 Å². The lowest BCUT2D eigenvalue weighted by Gasteiger charge is -2.57. The zero-order valence-electron chi connectivity index (χ0n) is 18.6. The second kappa shape index (κ2) is 7.60. The molecule has 4 saturated carbocycles. The molecule has 0 aromatic heterocycles. The Bertz CT molecular complexity index is 742. The fourth-order valence-electron chi connectivity index (χ4n) is 8.64. The molecular weight excluding hydrogens is 372 g/mol. The molecule has 2 unspecified atom stereocenters. The van der Waals surface area contributed by atoms with Crippen LogP contribution < -0.4 is 0 Å². The lowest BCUT2D eigenvalue weighted by Crippen LogP contribution is -2.54. The first-order valence-corrected chi connectivity index (χ1v) is 12.6. The Morgan fingerprint density at radius 1 is 0.867 bits per heavy atom. The van der Waals surface area contributed by atoms with Gasteiger partial charge in [-0.05, 0) is 86.5 Å². The molecule has 0 N–H and O–H groups in total. The van der Waals surface area contributed by atoms with Crippen molar-refractivity contribution in [3.63, 3.8) is 0 Å². The highest BCUT2D eigenvalue weighted by Gasteiger charge is 2.65. The van der Waals surface area contributed by atoms with Crippen LogP contribution >= 0.6 is 0 Å².